The van der Waals surface area contributed by atoms with Crippen molar-refractivity contribution in [3.8, 4) is 11.5 Å². The van der Waals surface area contributed by atoms with Crippen LogP contribution in [0, 0.1) is 0 Å². The van der Waals surface area contributed by atoms with E-state index in [9.17, 15) is 4.79 Å². The smallest absolute Gasteiger partial charge is 0.261 e. The number of benzene rings is 2. The molecule has 2 aromatic carbocycles. The lowest BCUT2D eigenvalue weighted by molar-refractivity contribution is -0.128. The van der Waals surface area contributed by atoms with Crippen molar-refractivity contribution in [3.05, 3.63) is 60.2 Å². The minimum Gasteiger partial charge on any atom is -0.497 e. The summed E-state index contributed by atoms with van der Waals surface area (Å²) in [6.45, 7) is 3.97. The average molecular weight is 341 g/mol. The normalized spacial score (nSPS) is 12.9. The molecule has 0 aliphatic rings. The number of amides is 1. The largest absolute Gasteiger partial charge is 0.497 e. The van der Waals surface area contributed by atoms with Gasteiger partial charge in [0, 0.05) is 12.1 Å². The molecule has 2 unspecified atom stereocenters. The van der Waals surface area contributed by atoms with Crippen LogP contribution in [0.5, 0.6) is 11.5 Å². The highest BCUT2D eigenvalue weighted by atomic mass is 16.5. The summed E-state index contributed by atoms with van der Waals surface area (Å²) >= 11 is 0. The lowest BCUT2D eigenvalue weighted by atomic mass is 10.1. The van der Waals surface area contributed by atoms with E-state index in [2.05, 4.69) is 17.4 Å². The molecule has 1 N–H and O–H groups in total. The van der Waals surface area contributed by atoms with Gasteiger partial charge in [-0.3, -0.25) is 4.79 Å². The minimum absolute atomic E-state index is 0.0779. The summed E-state index contributed by atoms with van der Waals surface area (Å²) in [5, 5.41) is 3.05. The van der Waals surface area contributed by atoms with Crippen molar-refractivity contribution in [2.45, 2.75) is 45.3 Å². The highest BCUT2D eigenvalue weighted by molar-refractivity contribution is 5.81. The highest BCUT2D eigenvalue weighted by Gasteiger charge is 2.20. The molecule has 0 aliphatic carbocycles. The lowest BCUT2D eigenvalue weighted by Gasteiger charge is -2.21. The van der Waals surface area contributed by atoms with Crippen LogP contribution in [0.4, 0.5) is 0 Å². The topological polar surface area (TPSA) is 47.6 Å². The van der Waals surface area contributed by atoms with E-state index >= 15 is 0 Å². The number of ether oxygens (including phenoxy) is 2. The highest BCUT2D eigenvalue weighted by Crippen LogP contribution is 2.20. The molecule has 0 aliphatic heterocycles. The summed E-state index contributed by atoms with van der Waals surface area (Å²) in [7, 11) is 1.61. The first-order valence-electron chi connectivity index (χ1n) is 8.77. The maximum absolute atomic E-state index is 12.5. The van der Waals surface area contributed by atoms with Gasteiger partial charge in [-0.1, -0.05) is 43.3 Å². The Bertz CT molecular complexity index is 657. The molecule has 1 amide bonds. The minimum atomic E-state index is -0.508. The number of methoxy groups -OCH3 is 1. The van der Waals surface area contributed by atoms with E-state index in [0.717, 1.165) is 12.8 Å². The number of hydrogen-bond acceptors (Lipinski definition) is 3. The Morgan fingerprint density at radius 3 is 2.48 bits per heavy atom. The summed E-state index contributed by atoms with van der Waals surface area (Å²) in [4.78, 5) is 12.5. The van der Waals surface area contributed by atoms with Crippen molar-refractivity contribution < 1.29 is 14.3 Å². The van der Waals surface area contributed by atoms with Crippen LogP contribution in [0.15, 0.2) is 54.6 Å². The molecule has 0 bridgehead atoms. The molecule has 2 atom stereocenters. The van der Waals surface area contributed by atoms with Crippen molar-refractivity contribution in [1.82, 2.24) is 5.32 Å². The summed E-state index contributed by atoms with van der Waals surface area (Å²) in [6, 6.07) is 17.7. The first kappa shape index (κ1) is 18.8. The fourth-order valence-corrected chi connectivity index (χ4v) is 2.60. The molecule has 0 saturated heterocycles. The molecule has 0 fully saturated rings. The van der Waals surface area contributed by atoms with Crippen LogP contribution in [0.1, 0.15) is 32.3 Å². The maximum Gasteiger partial charge on any atom is 0.261 e. The molecule has 0 heterocycles. The third kappa shape index (κ3) is 6.14. The van der Waals surface area contributed by atoms with E-state index < -0.39 is 6.10 Å². The quantitative estimate of drug-likeness (QED) is 0.750. The predicted molar refractivity (Wildman–Crippen MR) is 100 cm³/mol. The molecule has 2 aromatic rings. The van der Waals surface area contributed by atoms with Crippen LogP contribution in [0.2, 0.25) is 0 Å². The molecular weight excluding hydrogens is 314 g/mol. The van der Waals surface area contributed by atoms with E-state index in [1.54, 1.807) is 13.2 Å². The third-order valence-corrected chi connectivity index (χ3v) is 4.08. The van der Waals surface area contributed by atoms with Gasteiger partial charge >= 0.3 is 0 Å². The second-order valence-corrected chi connectivity index (χ2v) is 6.13. The second kappa shape index (κ2) is 9.72. The number of carbonyl (C=O) groups excluding carboxylic acids is 1. The average Bonchev–Trinajstić information content (AvgIpc) is 2.65. The fourth-order valence-electron chi connectivity index (χ4n) is 2.60. The molecule has 2 rings (SSSR count). The first-order valence-corrected chi connectivity index (χ1v) is 8.77. The summed E-state index contributed by atoms with van der Waals surface area (Å²) in [6.07, 6.45) is 1.93. The van der Waals surface area contributed by atoms with Gasteiger partial charge in [-0.2, -0.15) is 0 Å². The third-order valence-electron chi connectivity index (χ3n) is 4.08. The molecule has 25 heavy (non-hydrogen) atoms. The fraction of sp³-hybridized carbons (Fsp3) is 0.381. The summed E-state index contributed by atoms with van der Waals surface area (Å²) < 4.78 is 11.0. The SMILES string of the molecule is CCC(Oc1cccc(OC)c1)C(=O)NC(C)CCc1ccccc1. The molecule has 0 radical (unpaired) electrons. The van der Waals surface area contributed by atoms with Crippen LogP contribution in [0.25, 0.3) is 0 Å². The van der Waals surface area contributed by atoms with Gasteiger partial charge in [0.2, 0.25) is 0 Å². The van der Waals surface area contributed by atoms with E-state index in [1.807, 2.05) is 50.2 Å². The Balaban J connectivity index is 1.85. The van der Waals surface area contributed by atoms with Crippen molar-refractivity contribution in [2.75, 3.05) is 7.11 Å². The number of carbonyl (C=O) groups is 1. The van der Waals surface area contributed by atoms with Gasteiger partial charge in [0.05, 0.1) is 7.11 Å². The molecule has 0 aromatic heterocycles. The molecule has 4 nitrogen and oxygen atoms in total. The molecule has 4 heteroatoms. The van der Waals surface area contributed by atoms with E-state index in [4.69, 9.17) is 9.47 Å². The number of hydrogen-bond donors (Lipinski definition) is 1. The van der Waals surface area contributed by atoms with Gasteiger partial charge < -0.3 is 14.8 Å². The standard InChI is InChI=1S/C21H27NO3/c1-4-20(25-19-12-8-11-18(15-19)24-3)21(23)22-16(2)13-14-17-9-6-5-7-10-17/h5-12,15-16,20H,4,13-14H2,1-3H3,(H,22,23). The Morgan fingerprint density at radius 1 is 1.08 bits per heavy atom. The van der Waals surface area contributed by atoms with Crippen molar-refractivity contribution >= 4 is 5.91 Å². The zero-order valence-corrected chi connectivity index (χ0v) is 15.2. The maximum atomic E-state index is 12.5. The molecular formula is C21H27NO3. The molecule has 0 spiro atoms. The Labute approximate surface area is 150 Å². The molecule has 134 valence electrons. The van der Waals surface area contributed by atoms with Gasteiger partial charge in [-0.25, -0.2) is 0 Å². The van der Waals surface area contributed by atoms with Crippen molar-refractivity contribution in [2.24, 2.45) is 0 Å². The summed E-state index contributed by atoms with van der Waals surface area (Å²) in [5.41, 5.74) is 1.28. The van der Waals surface area contributed by atoms with E-state index in [-0.39, 0.29) is 11.9 Å². The zero-order chi connectivity index (χ0) is 18.1. The lowest BCUT2D eigenvalue weighted by Crippen LogP contribution is -2.42. The van der Waals surface area contributed by atoms with E-state index in [0.29, 0.717) is 17.9 Å². The van der Waals surface area contributed by atoms with Crippen molar-refractivity contribution in [1.29, 1.82) is 0 Å². The van der Waals surface area contributed by atoms with Gasteiger partial charge in [0.15, 0.2) is 6.10 Å². The summed E-state index contributed by atoms with van der Waals surface area (Å²) in [5.74, 6) is 1.27. The van der Waals surface area contributed by atoms with E-state index in [1.165, 1.54) is 5.56 Å². The first-order chi connectivity index (χ1) is 12.1. The number of aryl methyl sites for hydroxylation is 1. The Hall–Kier alpha value is -2.49. The van der Waals surface area contributed by atoms with Gasteiger partial charge in [-0.05, 0) is 43.9 Å². The monoisotopic (exact) mass is 341 g/mol. The predicted octanol–water partition coefficient (Wildman–Crippen LogP) is 3.99. The van der Waals surface area contributed by atoms with Crippen LogP contribution >= 0.6 is 0 Å². The van der Waals surface area contributed by atoms with Crippen LogP contribution in [0.3, 0.4) is 0 Å². The Morgan fingerprint density at radius 2 is 1.80 bits per heavy atom. The van der Waals surface area contributed by atoms with Crippen LogP contribution < -0.4 is 14.8 Å². The van der Waals surface area contributed by atoms with Crippen molar-refractivity contribution in [3.63, 3.8) is 0 Å². The van der Waals surface area contributed by atoms with Gasteiger partial charge in [0.1, 0.15) is 11.5 Å². The zero-order valence-electron chi connectivity index (χ0n) is 15.2. The number of nitrogens with one attached hydrogen (secondary N) is 1. The second-order valence-electron chi connectivity index (χ2n) is 6.13. The van der Waals surface area contributed by atoms with Gasteiger partial charge in [0.25, 0.3) is 5.91 Å². The van der Waals surface area contributed by atoms with Crippen LogP contribution in [-0.4, -0.2) is 25.2 Å². The van der Waals surface area contributed by atoms with Crippen LogP contribution in [-0.2, 0) is 11.2 Å². The van der Waals surface area contributed by atoms with Gasteiger partial charge in [-0.15, -0.1) is 0 Å². The number of rotatable bonds is 9. The molecule has 0 saturated carbocycles. The Kier molecular flexibility index (Phi) is 7.33.